The number of pyridine rings is 2. The highest BCUT2D eigenvalue weighted by Gasteiger charge is 2.01. The van der Waals surface area contributed by atoms with Gasteiger partial charge in [-0.25, -0.2) is 9.97 Å². The zero-order valence-corrected chi connectivity index (χ0v) is 16.7. The number of nitrogens with one attached hydrogen (secondary N) is 2. The summed E-state index contributed by atoms with van der Waals surface area (Å²) >= 11 is 5.77. The van der Waals surface area contributed by atoms with Crippen LogP contribution in [0, 0.1) is 0 Å². The average molecular weight is 462 g/mol. The van der Waals surface area contributed by atoms with Crippen LogP contribution in [0.5, 0.6) is 5.88 Å². The number of rotatable bonds is 6. The van der Waals surface area contributed by atoms with Crippen LogP contribution in [0.4, 0.5) is 0 Å². The van der Waals surface area contributed by atoms with Crippen LogP contribution >= 0.6 is 35.6 Å². The van der Waals surface area contributed by atoms with Crippen molar-refractivity contribution < 1.29 is 4.74 Å². The average Bonchev–Trinajstić information content (AvgIpc) is 2.59. The molecule has 6 nitrogen and oxygen atoms in total. The van der Waals surface area contributed by atoms with Crippen LogP contribution in [0.3, 0.4) is 0 Å². The van der Waals surface area contributed by atoms with Crippen LogP contribution < -0.4 is 15.4 Å². The van der Waals surface area contributed by atoms with E-state index in [1.165, 1.54) is 0 Å². The van der Waals surface area contributed by atoms with Gasteiger partial charge in [-0.15, -0.1) is 24.0 Å². The molecular formula is C16H21ClIN5O. The van der Waals surface area contributed by atoms with Crippen molar-refractivity contribution >= 4 is 41.5 Å². The van der Waals surface area contributed by atoms with Crippen molar-refractivity contribution in [2.75, 3.05) is 20.7 Å². The Balaban J connectivity index is 0.00000288. The first kappa shape index (κ1) is 20.4. The van der Waals surface area contributed by atoms with Crippen LogP contribution in [-0.2, 0) is 13.0 Å². The fraction of sp³-hybridized carbons (Fsp3) is 0.312. The fourth-order valence-electron chi connectivity index (χ4n) is 1.96. The summed E-state index contributed by atoms with van der Waals surface area (Å²) in [6.07, 6.45) is 4.34. The molecule has 0 spiro atoms. The quantitative estimate of drug-likeness (QED) is 0.300. The topological polar surface area (TPSA) is 71.4 Å². The Hall–Kier alpha value is -1.61. The van der Waals surface area contributed by atoms with E-state index in [0.717, 1.165) is 30.1 Å². The molecule has 0 bridgehead atoms. The molecule has 8 heteroatoms. The number of halogens is 2. The molecule has 0 aliphatic carbocycles. The van der Waals surface area contributed by atoms with Crippen molar-refractivity contribution in [2.45, 2.75) is 13.0 Å². The molecule has 0 unspecified atom stereocenters. The number of methoxy groups -OCH3 is 1. The molecule has 0 saturated heterocycles. The van der Waals surface area contributed by atoms with Gasteiger partial charge in [0.25, 0.3) is 0 Å². The lowest BCUT2D eigenvalue weighted by Crippen LogP contribution is -2.37. The number of nitrogens with zero attached hydrogens (tertiary/aromatic N) is 3. The molecule has 2 rings (SSSR count). The molecule has 0 radical (unpaired) electrons. The molecule has 0 aliphatic rings. The molecule has 2 heterocycles. The monoisotopic (exact) mass is 461 g/mol. The minimum Gasteiger partial charge on any atom is -0.481 e. The van der Waals surface area contributed by atoms with E-state index in [0.29, 0.717) is 17.6 Å². The van der Waals surface area contributed by atoms with Crippen LogP contribution in [0.2, 0.25) is 5.15 Å². The number of aromatic nitrogens is 2. The Kier molecular flexibility index (Phi) is 9.39. The van der Waals surface area contributed by atoms with Gasteiger partial charge in [-0.1, -0.05) is 17.7 Å². The van der Waals surface area contributed by atoms with Crippen molar-refractivity contribution in [1.29, 1.82) is 0 Å². The Morgan fingerprint density at radius 2 is 2.04 bits per heavy atom. The number of hydrogen-bond acceptors (Lipinski definition) is 4. The predicted octanol–water partition coefficient (Wildman–Crippen LogP) is 2.66. The second kappa shape index (κ2) is 11.0. The molecule has 0 atom stereocenters. The Morgan fingerprint density at radius 3 is 2.71 bits per heavy atom. The highest BCUT2D eigenvalue weighted by atomic mass is 127. The maximum Gasteiger partial charge on any atom is 0.213 e. The summed E-state index contributed by atoms with van der Waals surface area (Å²) in [5.74, 6) is 1.34. The lowest BCUT2D eigenvalue weighted by Gasteiger charge is -2.12. The molecule has 2 N–H and O–H groups in total. The molecular weight excluding hydrogens is 441 g/mol. The largest absolute Gasteiger partial charge is 0.481 e. The van der Waals surface area contributed by atoms with E-state index >= 15 is 0 Å². The Labute approximate surface area is 164 Å². The van der Waals surface area contributed by atoms with Gasteiger partial charge < -0.3 is 15.4 Å². The molecule has 2 aromatic heterocycles. The van der Waals surface area contributed by atoms with E-state index < -0.39 is 0 Å². The normalized spacial score (nSPS) is 10.7. The number of guanidine groups is 1. The summed E-state index contributed by atoms with van der Waals surface area (Å²) in [4.78, 5) is 12.3. The first-order valence-corrected chi connectivity index (χ1v) is 7.63. The predicted molar refractivity (Wildman–Crippen MR) is 107 cm³/mol. The molecule has 0 fully saturated rings. The molecule has 2 aromatic rings. The van der Waals surface area contributed by atoms with Gasteiger partial charge in [-0.3, -0.25) is 4.99 Å². The molecule has 0 saturated carbocycles. The summed E-state index contributed by atoms with van der Waals surface area (Å²) in [5.41, 5.74) is 2.19. The van der Waals surface area contributed by atoms with E-state index in [1.807, 2.05) is 18.2 Å². The van der Waals surface area contributed by atoms with Crippen molar-refractivity contribution in [2.24, 2.45) is 4.99 Å². The summed E-state index contributed by atoms with van der Waals surface area (Å²) in [6.45, 7) is 1.39. The first-order chi connectivity index (χ1) is 11.2. The smallest absolute Gasteiger partial charge is 0.213 e. The van der Waals surface area contributed by atoms with E-state index in [9.17, 15) is 0 Å². The van der Waals surface area contributed by atoms with Crippen molar-refractivity contribution in [3.63, 3.8) is 0 Å². The summed E-state index contributed by atoms with van der Waals surface area (Å²) in [7, 11) is 3.35. The minimum absolute atomic E-state index is 0. The van der Waals surface area contributed by atoms with Gasteiger partial charge in [0.15, 0.2) is 5.96 Å². The second-order valence-electron chi connectivity index (χ2n) is 4.80. The maximum atomic E-state index is 5.77. The second-order valence-corrected chi connectivity index (χ2v) is 5.19. The van der Waals surface area contributed by atoms with Gasteiger partial charge in [0.05, 0.1) is 7.11 Å². The van der Waals surface area contributed by atoms with Crippen LogP contribution in [0.25, 0.3) is 0 Å². The molecule has 24 heavy (non-hydrogen) atoms. The van der Waals surface area contributed by atoms with E-state index in [2.05, 4.69) is 25.6 Å². The van der Waals surface area contributed by atoms with Crippen LogP contribution in [-0.4, -0.2) is 36.6 Å². The third-order valence-corrected chi connectivity index (χ3v) is 3.41. The summed E-state index contributed by atoms with van der Waals surface area (Å²) in [5, 5.41) is 7.02. The Morgan fingerprint density at radius 1 is 1.21 bits per heavy atom. The third kappa shape index (κ3) is 6.88. The van der Waals surface area contributed by atoms with E-state index in [-0.39, 0.29) is 24.0 Å². The van der Waals surface area contributed by atoms with Gasteiger partial charge in [-0.2, -0.15) is 0 Å². The van der Waals surface area contributed by atoms with Gasteiger partial charge in [0.2, 0.25) is 5.88 Å². The maximum absolute atomic E-state index is 5.77. The standard InChI is InChI=1S/C16H20ClN5O.HI/c1-18-16(20-8-5-12-3-4-14(17)21-10-12)22-11-13-6-7-19-15(9-13)23-2;/h3-4,6-7,9-10H,5,8,11H2,1-2H3,(H2,18,20,22);1H. The van der Waals surface area contributed by atoms with Gasteiger partial charge in [0, 0.05) is 38.6 Å². The van der Waals surface area contributed by atoms with Crippen molar-refractivity contribution in [3.05, 3.63) is 52.9 Å². The molecule has 130 valence electrons. The number of hydrogen-bond donors (Lipinski definition) is 2. The summed E-state index contributed by atoms with van der Waals surface area (Å²) < 4.78 is 5.11. The molecule has 0 aliphatic heterocycles. The van der Waals surface area contributed by atoms with Crippen molar-refractivity contribution in [3.8, 4) is 5.88 Å². The highest BCUT2D eigenvalue weighted by Crippen LogP contribution is 2.08. The molecule has 0 aromatic carbocycles. The SMILES string of the molecule is CN=C(NCCc1ccc(Cl)nc1)NCc1ccnc(OC)c1.I. The van der Waals surface area contributed by atoms with Crippen LogP contribution in [0.15, 0.2) is 41.7 Å². The number of aliphatic imine (C=N–C) groups is 1. The van der Waals surface area contributed by atoms with Crippen LogP contribution in [0.1, 0.15) is 11.1 Å². The fourth-order valence-corrected chi connectivity index (χ4v) is 2.07. The number of ether oxygens (including phenoxy) is 1. The molecule has 0 amide bonds. The lowest BCUT2D eigenvalue weighted by molar-refractivity contribution is 0.397. The van der Waals surface area contributed by atoms with Gasteiger partial charge >= 0.3 is 0 Å². The van der Waals surface area contributed by atoms with Gasteiger partial charge in [-0.05, 0) is 29.7 Å². The van der Waals surface area contributed by atoms with E-state index in [4.69, 9.17) is 16.3 Å². The minimum atomic E-state index is 0. The Bertz CT molecular complexity index is 651. The summed E-state index contributed by atoms with van der Waals surface area (Å²) in [6, 6.07) is 7.58. The lowest BCUT2D eigenvalue weighted by atomic mass is 10.2. The van der Waals surface area contributed by atoms with E-state index in [1.54, 1.807) is 32.6 Å². The zero-order chi connectivity index (χ0) is 16.5. The highest BCUT2D eigenvalue weighted by molar-refractivity contribution is 14.0. The van der Waals surface area contributed by atoms with Crippen molar-refractivity contribution in [1.82, 2.24) is 20.6 Å². The van der Waals surface area contributed by atoms with Gasteiger partial charge in [0.1, 0.15) is 5.15 Å². The zero-order valence-electron chi connectivity index (χ0n) is 13.6. The first-order valence-electron chi connectivity index (χ1n) is 7.25. The third-order valence-electron chi connectivity index (χ3n) is 3.19.